The molecule has 0 aliphatic rings. The Labute approximate surface area is 150 Å². The summed E-state index contributed by atoms with van der Waals surface area (Å²) in [6, 6.07) is 10.8. The summed E-state index contributed by atoms with van der Waals surface area (Å²) in [5.41, 5.74) is 6.66. The van der Waals surface area contributed by atoms with Crippen LogP contribution in [0.15, 0.2) is 41.8 Å². The predicted molar refractivity (Wildman–Crippen MR) is 100 cm³/mol. The molecule has 2 aromatic rings. The highest BCUT2D eigenvalue weighted by atomic mass is 32.1. The SMILES string of the molecule is CC(C)(C)c1ccc(C(=O)NNC(=S)NC(=O)c2cccs2)cc1. The topological polar surface area (TPSA) is 70.2 Å². The third-order valence-electron chi connectivity index (χ3n) is 3.27. The molecular formula is C17H19N3O2S2. The maximum atomic E-state index is 12.1. The lowest BCUT2D eigenvalue weighted by atomic mass is 9.87. The molecule has 24 heavy (non-hydrogen) atoms. The summed E-state index contributed by atoms with van der Waals surface area (Å²) >= 11 is 6.30. The molecule has 3 N–H and O–H groups in total. The lowest BCUT2D eigenvalue weighted by Crippen LogP contribution is -2.48. The minimum atomic E-state index is -0.330. The number of nitrogens with one attached hydrogen (secondary N) is 3. The van der Waals surface area contributed by atoms with Gasteiger partial charge in [-0.15, -0.1) is 11.3 Å². The van der Waals surface area contributed by atoms with Gasteiger partial charge >= 0.3 is 0 Å². The third-order valence-corrected chi connectivity index (χ3v) is 4.35. The number of hydrogen-bond donors (Lipinski definition) is 3. The van der Waals surface area contributed by atoms with E-state index in [0.29, 0.717) is 10.4 Å². The number of hydrogen-bond acceptors (Lipinski definition) is 4. The van der Waals surface area contributed by atoms with Gasteiger partial charge in [0.25, 0.3) is 11.8 Å². The van der Waals surface area contributed by atoms with Crippen molar-refractivity contribution >= 4 is 40.5 Å². The van der Waals surface area contributed by atoms with Gasteiger partial charge in [0.1, 0.15) is 0 Å². The van der Waals surface area contributed by atoms with Crippen molar-refractivity contribution in [3.63, 3.8) is 0 Å². The minimum Gasteiger partial charge on any atom is -0.297 e. The van der Waals surface area contributed by atoms with E-state index < -0.39 is 0 Å². The van der Waals surface area contributed by atoms with Gasteiger partial charge in [0.05, 0.1) is 4.88 Å². The largest absolute Gasteiger partial charge is 0.297 e. The fourth-order valence-electron chi connectivity index (χ4n) is 1.91. The molecule has 0 saturated heterocycles. The molecule has 0 unspecified atom stereocenters. The summed E-state index contributed by atoms with van der Waals surface area (Å²) in [5.74, 6) is -0.644. The van der Waals surface area contributed by atoms with Gasteiger partial charge in [-0.2, -0.15) is 0 Å². The molecule has 0 aliphatic heterocycles. The van der Waals surface area contributed by atoms with Crippen LogP contribution in [0, 0.1) is 0 Å². The average molecular weight is 361 g/mol. The Morgan fingerprint density at radius 2 is 1.67 bits per heavy atom. The first-order chi connectivity index (χ1) is 11.3. The highest BCUT2D eigenvalue weighted by molar-refractivity contribution is 7.80. The number of carbonyl (C=O) groups excluding carboxylic acids is 2. The Balaban J connectivity index is 1.86. The molecule has 0 fully saturated rings. The van der Waals surface area contributed by atoms with Gasteiger partial charge in [0.15, 0.2) is 5.11 Å². The van der Waals surface area contributed by atoms with Crippen molar-refractivity contribution < 1.29 is 9.59 Å². The molecule has 0 radical (unpaired) electrons. The quantitative estimate of drug-likeness (QED) is 0.568. The lowest BCUT2D eigenvalue weighted by Gasteiger charge is -2.19. The average Bonchev–Trinajstić information content (AvgIpc) is 3.06. The number of hydrazine groups is 1. The van der Waals surface area contributed by atoms with Gasteiger partial charge in [0, 0.05) is 5.56 Å². The zero-order valence-electron chi connectivity index (χ0n) is 13.7. The van der Waals surface area contributed by atoms with Gasteiger partial charge < -0.3 is 0 Å². The molecule has 1 aromatic carbocycles. The van der Waals surface area contributed by atoms with E-state index in [1.165, 1.54) is 11.3 Å². The van der Waals surface area contributed by atoms with Gasteiger partial charge in [-0.25, -0.2) is 0 Å². The molecule has 2 amide bonds. The van der Waals surface area contributed by atoms with Crippen LogP contribution in [0.4, 0.5) is 0 Å². The first kappa shape index (κ1) is 18.1. The van der Waals surface area contributed by atoms with Gasteiger partial charge in [-0.1, -0.05) is 39.0 Å². The van der Waals surface area contributed by atoms with E-state index in [1.54, 1.807) is 29.6 Å². The van der Waals surface area contributed by atoms with Crippen LogP contribution in [0.5, 0.6) is 0 Å². The molecule has 2 rings (SSSR count). The van der Waals surface area contributed by atoms with E-state index in [4.69, 9.17) is 12.2 Å². The molecule has 0 spiro atoms. The summed E-state index contributed by atoms with van der Waals surface area (Å²) in [5, 5.41) is 4.33. The summed E-state index contributed by atoms with van der Waals surface area (Å²) < 4.78 is 0. The van der Waals surface area contributed by atoms with Crippen LogP contribution in [0.25, 0.3) is 0 Å². The van der Waals surface area contributed by atoms with Gasteiger partial charge in [-0.3, -0.25) is 25.8 Å². The van der Waals surface area contributed by atoms with E-state index >= 15 is 0 Å². The number of benzene rings is 1. The van der Waals surface area contributed by atoms with E-state index in [0.717, 1.165) is 5.56 Å². The third kappa shape index (κ3) is 4.87. The van der Waals surface area contributed by atoms with Crippen molar-refractivity contribution in [2.24, 2.45) is 0 Å². The first-order valence-corrected chi connectivity index (χ1v) is 8.62. The number of rotatable bonds is 2. The highest BCUT2D eigenvalue weighted by Gasteiger charge is 2.14. The summed E-state index contributed by atoms with van der Waals surface area (Å²) in [7, 11) is 0. The second-order valence-electron chi connectivity index (χ2n) is 6.17. The van der Waals surface area contributed by atoms with Crippen LogP contribution in [0.3, 0.4) is 0 Å². The molecule has 7 heteroatoms. The van der Waals surface area contributed by atoms with Crippen molar-refractivity contribution in [2.75, 3.05) is 0 Å². The minimum absolute atomic E-state index is 0.0287. The van der Waals surface area contributed by atoms with Crippen molar-refractivity contribution in [1.82, 2.24) is 16.2 Å². The van der Waals surface area contributed by atoms with Crippen molar-refractivity contribution in [2.45, 2.75) is 26.2 Å². The van der Waals surface area contributed by atoms with Crippen LogP contribution < -0.4 is 16.2 Å². The van der Waals surface area contributed by atoms with Crippen molar-refractivity contribution in [3.05, 3.63) is 57.8 Å². The summed E-state index contributed by atoms with van der Waals surface area (Å²) in [4.78, 5) is 24.4. The molecule has 1 aromatic heterocycles. The van der Waals surface area contributed by atoms with E-state index in [9.17, 15) is 9.59 Å². The lowest BCUT2D eigenvalue weighted by molar-refractivity contribution is 0.0935. The van der Waals surface area contributed by atoms with E-state index in [-0.39, 0.29) is 22.3 Å². The maximum absolute atomic E-state index is 12.1. The normalized spacial score (nSPS) is 10.8. The molecule has 5 nitrogen and oxygen atoms in total. The van der Waals surface area contributed by atoms with Crippen LogP contribution in [0.2, 0.25) is 0 Å². The first-order valence-electron chi connectivity index (χ1n) is 7.33. The zero-order chi connectivity index (χ0) is 17.7. The van der Waals surface area contributed by atoms with Crippen LogP contribution in [-0.4, -0.2) is 16.9 Å². The summed E-state index contributed by atoms with van der Waals surface area (Å²) in [6.45, 7) is 6.33. The Morgan fingerprint density at radius 1 is 1.00 bits per heavy atom. The van der Waals surface area contributed by atoms with E-state index in [1.807, 2.05) is 12.1 Å². The standard InChI is InChI=1S/C17H19N3O2S2/c1-17(2,3)12-8-6-11(7-9-12)14(21)19-20-16(23)18-15(22)13-5-4-10-24-13/h4-10H,1-3H3,(H,19,21)(H2,18,20,22,23). The Kier molecular flexibility index (Phi) is 5.69. The molecule has 0 atom stereocenters. The Hall–Kier alpha value is -2.25. The monoisotopic (exact) mass is 361 g/mol. The van der Waals surface area contributed by atoms with Crippen molar-refractivity contribution in [1.29, 1.82) is 0 Å². The second kappa shape index (κ2) is 7.55. The molecule has 0 aliphatic carbocycles. The smallest absolute Gasteiger partial charge is 0.269 e. The molecular weight excluding hydrogens is 342 g/mol. The fourth-order valence-corrected chi connectivity index (χ4v) is 2.67. The second-order valence-corrected chi connectivity index (χ2v) is 7.52. The van der Waals surface area contributed by atoms with Gasteiger partial charge in [0.2, 0.25) is 0 Å². The highest BCUT2D eigenvalue weighted by Crippen LogP contribution is 2.22. The van der Waals surface area contributed by atoms with Crippen LogP contribution >= 0.6 is 23.6 Å². The Bertz CT molecular complexity index is 732. The van der Waals surface area contributed by atoms with Crippen molar-refractivity contribution in [3.8, 4) is 0 Å². The predicted octanol–water partition coefficient (Wildman–Crippen LogP) is 2.99. The Morgan fingerprint density at radius 3 is 2.21 bits per heavy atom. The molecule has 126 valence electrons. The number of thiophene rings is 1. The molecule has 0 bridgehead atoms. The van der Waals surface area contributed by atoms with E-state index in [2.05, 4.69) is 36.9 Å². The number of carbonyl (C=O) groups is 2. The maximum Gasteiger partial charge on any atom is 0.269 e. The van der Waals surface area contributed by atoms with Crippen LogP contribution in [0.1, 0.15) is 46.4 Å². The number of amides is 2. The molecule has 0 saturated carbocycles. The molecule has 1 heterocycles. The summed E-state index contributed by atoms with van der Waals surface area (Å²) in [6.07, 6.45) is 0. The van der Waals surface area contributed by atoms with Gasteiger partial charge in [-0.05, 0) is 46.8 Å². The zero-order valence-corrected chi connectivity index (χ0v) is 15.3. The van der Waals surface area contributed by atoms with Crippen LogP contribution in [-0.2, 0) is 5.41 Å². The fraction of sp³-hybridized carbons (Fsp3) is 0.235. The number of thiocarbonyl (C=S) groups is 1.